The van der Waals surface area contributed by atoms with E-state index in [4.69, 9.17) is 11.6 Å². The summed E-state index contributed by atoms with van der Waals surface area (Å²) in [5.74, 6) is 0. The van der Waals surface area contributed by atoms with Gasteiger partial charge in [0.15, 0.2) is 0 Å². The molecular formula is C16H25ClN2. The smallest absolute Gasteiger partial charge is 0.0408 e. The molecule has 0 amide bonds. The number of likely N-dealkylation sites (N-methyl/N-ethyl adjacent to an activating group) is 1. The van der Waals surface area contributed by atoms with Gasteiger partial charge in [0.2, 0.25) is 0 Å². The molecule has 1 aromatic carbocycles. The van der Waals surface area contributed by atoms with E-state index < -0.39 is 0 Å². The highest BCUT2D eigenvalue weighted by atomic mass is 35.5. The van der Waals surface area contributed by atoms with Gasteiger partial charge in [-0.3, -0.25) is 4.90 Å². The van der Waals surface area contributed by atoms with E-state index in [1.807, 2.05) is 12.1 Å². The van der Waals surface area contributed by atoms with Crippen molar-refractivity contribution >= 4 is 11.6 Å². The first kappa shape index (κ1) is 14.8. The molecule has 1 aromatic rings. The Hall–Kier alpha value is -0.570. The number of halogens is 1. The van der Waals surface area contributed by atoms with Crippen molar-refractivity contribution in [2.45, 2.75) is 44.7 Å². The molecule has 106 valence electrons. The van der Waals surface area contributed by atoms with Crippen molar-refractivity contribution in [1.82, 2.24) is 10.2 Å². The van der Waals surface area contributed by atoms with E-state index in [0.29, 0.717) is 6.04 Å². The molecule has 1 unspecified atom stereocenters. The number of hydrogen-bond acceptors (Lipinski definition) is 2. The van der Waals surface area contributed by atoms with Crippen LogP contribution in [0, 0.1) is 0 Å². The Morgan fingerprint density at radius 2 is 2.00 bits per heavy atom. The molecule has 1 N–H and O–H groups in total. The van der Waals surface area contributed by atoms with Gasteiger partial charge in [-0.1, -0.05) is 23.7 Å². The van der Waals surface area contributed by atoms with Crippen LogP contribution in [0.5, 0.6) is 0 Å². The van der Waals surface area contributed by atoms with E-state index in [2.05, 4.69) is 43.2 Å². The fourth-order valence-corrected chi connectivity index (χ4v) is 3.33. The van der Waals surface area contributed by atoms with Gasteiger partial charge in [-0.15, -0.1) is 0 Å². The van der Waals surface area contributed by atoms with Crippen LogP contribution < -0.4 is 5.32 Å². The molecule has 1 aliphatic heterocycles. The molecule has 2 rings (SSSR count). The van der Waals surface area contributed by atoms with Gasteiger partial charge in [0.1, 0.15) is 0 Å². The topological polar surface area (TPSA) is 15.3 Å². The average Bonchev–Trinajstić information content (AvgIpc) is 2.90. The molecule has 0 aliphatic carbocycles. The minimum absolute atomic E-state index is 0.174. The Morgan fingerprint density at radius 3 is 2.58 bits per heavy atom. The molecule has 1 fully saturated rings. The lowest BCUT2D eigenvalue weighted by Crippen LogP contribution is -2.57. The quantitative estimate of drug-likeness (QED) is 0.890. The van der Waals surface area contributed by atoms with Gasteiger partial charge in [-0.05, 0) is 70.9 Å². The summed E-state index contributed by atoms with van der Waals surface area (Å²) in [6.45, 7) is 7.15. The van der Waals surface area contributed by atoms with E-state index in [0.717, 1.165) is 11.4 Å². The molecule has 1 saturated heterocycles. The molecule has 0 saturated carbocycles. The Bertz CT molecular complexity index is 411. The number of rotatable bonds is 5. The van der Waals surface area contributed by atoms with Crippen LogP contribution in [0.4, 0.5) is 0 Å². The predicted molar refractivity (Wildman–Crippen MR) is 82.9 cm³/mol. The van der Waals surface area contributed by atoms with Gasteiger partial charge in [-0.25, -0.2) is 0 Å². The fourth-order valence-electron chi connectivity index (χ4n) is 3.12. The highest BCUT2D eigenvalue weighted by Gasteiger charge is 2.35. The van der Waals surface area contributed by atoms with Crippen molar-refractivity contribution < 1.29 is 0 Å². The van der Waals surface area contributed by atoms with Gasteiger partial charge < -0.3 is 5.32 Å². The number of likely N-dealkylation sites (tertiary alicyclic amines) is 1. The third kappa shape index (κ3) is 3.50. The first-order valence-electron chi connectivity index (χ1n) is 7.21. The van der Waals surface area contributed by atoms with Gasteiger partial charge in [-0.2, -0.15) is 0 Å². The summed E-state index contributed by atoms with van der Waals surface area (Å²) in [6.07, 6.45) is 3.68. The number of nitrogens with zero attached hydrogens (tertiary/aromatic N) is 1. The summed E-state index contributed by atoms with van der Waals surface area (Å²) in [5.41, 5.74) is 1.48. The minimum atomic E-state index is 0.174. The molecule has 0 radical (unpaired) electrons. The normalized spacial score (nSPS) is 18.7. The van der Waals surface area contributed by atoms with Crippen LogP contribution in [-0.4, -0.2) is 36.6 Å². The van der Waals surface area contributed by atoms with Crippen molar-refractivity contribution in [2.75, 3.05) is 20.1 Å². The standard InChI is InChI=1S/C16H25ClN2/c1-16(2,19-9-4-5-10-19)15(18-3)12-13-7-6-8-14(17)11-13/h6-8,11,15,18H,4-5,9-10,12H2,1-3H3. The summed E-state index contributed by atoms with van der Waals surface area (Å²) in [4.78, 5) is 2.61. The van der Waals surface area contributed by atoms with Gasteiger partial charge in [0.25, 0.3) is 0 Å². The van der Waals surface area contributed by atoms with E-state index in [9.17, 15) is 0 Å². The second kappa shape index (κ2) is 6.25. The number of benzene rings is 1. The van der Waals surface area contributed by atoms with Crippen LogP contribution in [0.1, 0.15) is 32.3 Å². The zero-order chi connectivity index (χ0) is 13.9. The summed E-state index contributed by atoms with van der Waals surface area (Å²) in [5, 5.41) is 4.33. The van der Waals surface area contributed by atoms with Crippen molar-refractivity contribution in [1.29, 1.82) is 0 Å². The lowest BCUT2D eigenvalue weighted by atomic mass is 9.88. The summed E-state index contributed by atoms with van der Waals surface area (Å²) < 4.78 is 0. The Balaban J connectivity index is 2.10. The molecule has 1 heterocycles. The van der Waals surface area contributed by atoms with Gasteiger partial charge in [0.05, 0.1) is 0 Å². The zero-order valence-electron chi connectivity index (χ0n) is 12.2. The monoisotopic (exact) mass is 280 g/mol. The third-order valence-corrected chi connectivity index (χ3v) is 4.69. The molecule has 0 bridgehead atoms. The SMILES string of the molecule is CNC(Cc1cccc(Cl)c1)C(C)(C)N1CCCC1. The Labute approximate surface area is 122 Å². The molecule has 2 nitrogen and oxygen atoms in total. The van der Waals surface area contributed by atoms with Crippen molar-refractivity contribution in [2.24, 2.45) is 0 Å². The first-order valence-corrected chi connectivity index (χ1v) is 7.58. The maximum Gasteiger partial charge on any atom is 0.0408 e. The van der Waals surface area contributed by atoms with Crippen molar-refractivity contribution in [3.05, 3.63) is 34.9 Å². The number of nitrogens with one attached hydrogen (secondary N) is 1. The Morgan fingerprint density at radius 1 is 1.32 bits per heavy atom. The second-order valence-electron chi connectivity index (χ2n) is 6.02. The van der Waals surface area contributed by atoms with Crippen LogP contribution in [-0.2, 0) is 6.42 Å². The third-order valence-electron chi connectivity index (χ3n) is 4.45. The second-order valence-corrected chi connectivity index (χ2v) is 6.46. The maximum absolute atomic E-state index is 6.08. The Kier molecular flexibility index (Phi) is 4.88. The fraction of sp³-hybridized carbons (Fsp3) is 0.625. The van der Waals surface area contributed by atoms with Crippen LogP contribution in [0.25, 0.3) is 0 Å². The number of hydrogen-bond donors (Lipinski definition) is 1. The maximum atomic E-state index is 6.08. The largest absolute Gasteiger partial charge is 0.315 e. The summed E-state index contributed by atoms with van der Waals surface area (Å²) in [6, 6.07) is 8.64. The van der Waals surface area contributed by atoms with Crippen LogP contribution in [0.15, 0.2) is 24.3 Å². The average molecular weight is 281 g/mol. The predicted octanol–water partition coefficient (Wildman–Crippen LogP) is 3.34. The van der Waals surface area contributed by atoms with Gasteiger partial charge >= 0.3 is 0 Å². The van der Waals surface area contributed by atoms with Crippen molar-refractivity contribution in [3.8, 4) is 0 Å². The summed E-state index contributed by atoms with van der Waals surface area (Å²) in [7, 11) is 2.06. The highest BCUT2D eigenvalue weighted by Crippen LogP contribution is 2.26. The zero-order valence-corrected chi connectivity index (χ0v) is 13.0. The van der Waals surface area contributed by atoms with Crippen LogP contribution in [0.2, 0.25) is 5.02 Å². The minimum Gasteiger partial charge on any atom is -0.315 e. The highest BCUT2D eigenvalue weighted by molar-refractivity contribution is 6.30. The lowest BCUT2D eigenvalue weighted by molar-refractivity contribution is 0.110. The van der Waals surface area contributed by atoms with Crippen LogP contribution in [0.3, 0.4) is 0 Å². The van der Waals surface area contributed by atoms with Crippen molar-refractivity contribution in [3.63, 3.8) is 0 Å². The van der Waals surface area contributed by atoms with Gasteiger partial charge in [0, 0.05) is 16.6 Å². The summed E-state index contributed by atoms with van der Waals surface area (Å²) >= 11 is 6.08. The van der Waals surface area contributed by atoms with Crippen LogP contribution >= 0.6 is 11.6 Å². The van der Waals surface area contributed by atoms with E-state index in [-0.39, 0.29) is 5.54 Å². The lowest BCUT2D eigenvalue weighted by Gasteiger charge is -2.42. The molecule has 1 atom stereocenters. The molecule has 3 heteroatoms. The van der Waals surface area contributed by atoms with E-state index in [1.165, 1.54) is 31.5 Å². The molecule has 1 aliphatic rings. The molecule has 0 aromatic heterocycles. The molecule has 19 heavy (non-hydrogen) atoms. The van der Waals surface area contributed by atoms with E-state index >= 15 is 0 Å². The molecular weight excluding hydrogens is 256 g/mol. The first-order chi connectivity index (χ1) is 9.04. The molecule has 0 spiro atoms. The van der Waals surface area contributed by atoms with E-state index in [1.54, 1.807) is 0 Å².